The van der Waals surface area contributed by atoms with E-state index in [9.17, 15) is 4.79 Å². The van der Waals surface area contributed by atoms with Crippen molar-refractivity contribution < 1.29 is 32.9 Å². The van der Waals surface area contributed by atoms with Crippen molar-refractivity contribution in [2.24, 2.45) is 17.8 Å². The van der Waals surface area contributed by atoms with Gasteiger partial charge in [-0.25, -0.2) is 4.79 Å². The van der Waals surface area contributed by atoms with Gasteiger partial charge in [0.2, 0.25) is 0 Å². The molecule has 1 spiro atoms. The summed E-state index contributed by atoms with van der Waals surface area (Å²) >= 11 is 3.79. The molecule has 2 fully saturated rings. The quantitative estimate of drug-likeness (QED) is 0.0765. The highest BCUT2D eigenvalue weighted by molar-refractivity contribution is 9.11. The van der Waals surface area contributed by atoms with Gasteiger partial charge in [0.15, 0.2) is 14.1 Å². The van der Waals surface area contributed by atoms with Crippen LogP contribution in [0.4, 0.5) is 0 Å². The second kappa shape index (κ2) is 18.5. The molecule has 0 radical (unpaired) electrons. The van der Waals surface area contributed by atoms with Crippen molar-refractivity contribution >= 4 is 30.2 Å². The van der Waals surface area contributed by atoms with Crippen LogP contribution >= 0.6 is 15.9 Å². The molecule has 2 aliphatic heterocycles. The molecule has 7 nitrogen and oxygen atoms in total. The number of allylic oxidation sites excluding steroid dienone is 2. The van der Waals surface area contributed by atoms with Gasteiger partial charge in [-0.05, 0) is 79.9 Å². The number of halogens is 1. The van der Waals surface area contributed by atoms with E-state index in [2.05, 4.69) is 88.8 Å². The number of hydrogen-bond donors (Lipinski definition) is 0. The van der Waals surface area contributed by atoms with E-state index in [0.717, 1.165) is 47.9 Å². The van der Waals surface area contributed by atoms with Crippen LogP contribution in [-0.4, -0.2) is 58.7 Å². The number of rotatable bonds is 15. The Morgan fingerprint density at radius 1 is 1.04 bits per heavy atom. The van der Waals surface area contributed by atoms with Gasteiger partial charge in [0.25, 0.3) is 0 Å². The molecule has 0 bridgehead atoms. The Labute approximate surface area is 300 Å². The average Bonchev–Trinajstić information content (AvgIpc) is 3.04. The van der Waals surface area contributed by atoms with E-state index in [4.69, 9.17) is 28.1 Å². The Balaban J connectivity index is 1.64. The van der Waals surface area contributed by atoms with Crippen molar-refractivity contribution in [2.45, 2.75) is 129 Å². The number of ether oxygens (including phenoxy) is 5. The van der Waals surface area contributed by atoms with Crippen molar-refractivity contribution in [1.29, 1.82) is 0 Å². The number of hydrogen-bond acceptors (Lipinski definition) is 7. The highest BCUT2D eigenvalue weighted by Gasteiger charge is 2.46. The van der Waals surface area contributed by atoms with Gasteiger partial charge in [-0.2, -0.15) is 0 Å². The summed E-state index contributed by atoms with van der Waals surface area (Å²) in [6.45, 7) is 21.1. The van der Waals surface area contributed by atoms with E-state index in [1.54, 1.807) is 7.11 Å². The molecular formula is C39H61BrO7Si. The summed E-state index contributed by atoms with van der Waals surface area (Å²) in [7, 11) is -0.401. The minimum Gasteiger partial charge on any atom is -0.497 e. The zero-order valence-electron chi connectivity index (χ0n) is 31.1. The molecular weight excluding hydrogens is 688 g/mol. The van der Waals surface area contributed by atoms with Crippen LogP contribution in [0.1, 0.15) is 86.1 Å². The van der Waals surface area contributed by atoms with Crippen LogP contribution in [0.5, 0.6) is 5.75 Å². The molecule has 1 aromatic rings. The van der Waals surface area contributed by atoms with Gasteiger partial charge in [-0.1, -0.05) is 87.8 Å². The number of esters is 1. The number of methoxy groups -OCH3 is 1. The Kier molecular flexibility index (Phi) is 15.7. The summed E-state index contributed by atoms with van der Waals surface area (Å²) in [4.78, 5) is 12.0. The van der Waals surface area contributed by atoms with Crippen LogP contribution in [0.25, 0.3) is 0 Å². The van der Waals surface area contributed by atoms with Gasteiger partial charge in [0.05, 0.1) is 45.2 Å². The summed E-state index contributed by atoms with van der Waals surface area (Å²) in [6, 6.07) is 7.99. The fraction of sp³-hybridized carbons (Fsp3) is 0.667. The van der Waals surface area contributed by atoms with Crippen LogP contribution in [0.3, 0.4) is 0 Å². The summed E-state index contributed by atoms with van der Waals surface area (Å²) < 4.78 is 37.9. The van der Waals surface area contributed by atoms with E-state index in [-0.39, 0.29) is 35.2 Å². The molecule has 0 amide bonds. The lowest BCUT2D eigenvalue weighted by molar-refractivity contribution is -0.335. The Morgan fingerprint density at radius 2 is 1.67 bits per heavy atom. The first-order chi connectivity index (χ1) is 22.6. The maximum absolute atomic E-state index is 12.0. The minimum atomic E-state index is -2.08. The zero-order valence-corrected chi connectivity index (χ0v) is 33.6. The van der Waals surface area contributed by atoms with E-state index in [0.29, 0.717) is 31.7 Å². The second-order valence-electron chi connectivity index (χ2n) is 15.1. The molecule has 3 rings (SSSR count). The summed E-state index contributed by atoms with van der Waals surface area (Å²) in [5.41, 5.74) is 1.11. The van der Waals surface area contributed by atoms with Gasteiger partial charge < -0.3 is 28.1 Å². The smallest absolute Gasteiger partial charge is 0.330 e. The third-order valence-corrected chi connectivity index (χ3v) is 15.3. The molecule has 270 valence electrons. The molecule has 0 saturated carbocycles. The van der Waals surface area contributed by atoms with Crippen LogP contribution in [0.2, 0.25) is 18.1 Å². The molecule has 0 N–H and O–H groups in total. The predicted molar refractivity (Wildman–Crippen MR) is 200 cm³/mol. The number of benzene rings is 1. The summed E-state index contributed by atoms with van der Waals surface area (Å²) in [6.07, 6.45) is 14.3. The number of carbonyl (C=O) groups excluding carboxylic acids is 1. The third kappa shape index (κ3) is 12.2. The van der Waals surface area contributed by atoms with Crippen molar-refractivity contribution in [3.05, 3.63) is 64.7 Å². The average molecular weight is 750 g/mol. The SMILES string of the molecule is CCOC(=O)/C=C/[C@H](C)[C@H](/C=C/C(Br)=C/C[C@H]1O[C@@]2(CC[C@@H](C)[C@@H](COCc3ccc(OC)cc3)O2)CC[C@@H]1C)O[Si](C)(C)C(C)(C)C. The van der Waals surface area contributed by atoms with Crippen LogP contribution in [0.15, 0.2) is 59.1 Å². The van der Waals surface area contributed by atoms with Gasteiger partial charge in [-0.15, -0.1) is 0 Å². The second-order valence-corrected chi connectivity index (χ2v) is 20.8. The minimum absolute atomic E-state index is 0.00559. The van der Waals surface area contributed by atoms with Crippen LogP contribution in [-0.2, 0) is 34.8 Å². The molecule has 2 aliphatic rings. The first-order valence-corrected chi connectivity index (χ1v) is 21.4. The van der Waals surface area contributed by atoms with E-state index in [1.165, 1.54) is 6.08 Å². The van der Waals surface area contributed by atoms with E-state index >= 15 is 0 Å². The third-order valence-electron chi connectivity index (χ3n) is 10.2. The first kappa shape index (κ1) is 40.7. The fourth-order valence-electron chi connectivity index (χ4n) is 5.79. The summed E-state index contributed by atoms with van der Waals surface area (Å²) in [5, 5.41) is 0.0574. The van der Waals surface area contributed by atoms with Gasteiger partial charge in [-0.3, -0.25) is 0 Å². The lowest BCUT2D eigenvalue weighted by Crippen LogP contribution is -2.53. The molecule has 0 aromatic heterocycles. The Morgan fingerprint density at radius 3 is 2.27 bits per heavy atom. The molecule has 0 unspecified atom stereocenters. The molecule has 7 atom stereocenters. The molecule has 9 heteroatoms. The van der Waals surface area contributed by atoms with Crippen LogP contribution < -0.4 is 4.74 Å². The van der Waals surface area contributed by atoms with Crippen molar-refractivity contribution in [1.82, 2.24) is 0 Å². The summed E-state index contributed by atoms with van der Waals surface area (Å²) in [5.74, 6) is 0.770. The van der Waals surface area contributed by atoms with Crippen molar-refractivity contribution in [3.63, 3.8) is 0 Å². The predicted octanol–water partition coefficient (Wildman–Crippen LogP) is 9.91. The normalized spacial score (nSPS) is 27.0. The zero-order chi connectivity index (χ0) is 35.5. The highest BCUT2D eigenvalue weighted by atomic mass is 79.9. The molecule has 0 aliphatic carbocycles. The van der Waals surface area contributed by atoms with E-state index < -0.39 is 14.1 Å². The maximum Gasteiger partial charge on any atom is 0.330 e. The standard InChI is InChI=1S/C39H61BrO7Si/c1-11-44-37(41)21-12-28(2)35(47-48(9,10)38(5,6)7)20-16-32(40)15-19-34-29(3)22-24-39(45-34)25-23-30(4)36(46-39)27-43-26-31-13-17-33(42-8)18-14-31/h12-18,20-21,28-30,34-36H,11,19,22-27H2,1-10H3/b20-16+,21-12+,32-15-/t28-,29-,30+,34+,35-,36+,39-/m0/s1. The van der Waals surface area contributed by atoms with Gasteiger partial charge in [0, 0.05) is 29.3 Å². The van der Waals surface area contributed by atoms with Gasteiger partial charge in [0.1, 0.15) is 5.75 Å². The van der Waals surface area contributed by atoms with Crippen LogP contribution in [0, 0.1) is 17.8 Å². The molecule has 2 saturated heterocycles. The Bertz CT molecular complexity index is 1230. The maximum atomic E-state index is 12.0. The van der Waals surface area contributed by atoms with Crippen molar-refractivity contribution in [3.8, 4) is 5.75 Å². The molecule has 2 heterocycles. The van der Waals surface area contributed by atoms with Crippen molar-refractivity contribution in [2.75, 3.05) is 20.3 Å². The lowest BCUT2D eigenvalue weighted by atomic mass is 9.84. The monoisotopic (exact) mass is 748 g/mol. The Hall–Kier alpha value is -1.75. The first-order valence-electron chi connectivity index (χ1n) is 17.7. The highest BCUT2D eigenvalue weighted by Crippen LogP contribution is 2.44. The fourth-order valence-corrected chi connectivity index (χ4v) is 7.45. The largest absolute Gasteiger partial charge is 0.497 e. The van der Waals surface area contributed by atoms with E-state index in [1.807, 2.05) is 37.3 Å². The topological polar surface area (TPSA) is 72.5 Å². The lowest BCUT2D eigenvalue weighted by Gasteiger charge is -2.49. The molecule has 48 heavy (non-hydrogen) atoms. The number of carbonyl (C=O) groups is 1. The molecule has 1 aromatic carbocycles. The van der Waals surface area contributed by atoms with Gasteiger partial charge >= 0.3 is 5.97 Å².